The molecular weight excluding hydrogens is 268 g/mol. The molecule has 1 saturated heterocycles. The van der Waals surface area contributed by atoms with Crippen molar-refractivity contribution >= 4 is 0 Å². The fraction of sp³-hybridized carbons (Fsp3) is 0.533. The van der Waals surface area contributed by atoms with Crippen LogP contribution in [0.1, 0.15) is 43.3 Å². The van der Waals surface area contributed by atoms with Crippen LogP contribution in [0.4, 0.5) is 0 Å². The van der Waals surface area contributed by atoms with Crippen LogP contribution in [0, 0.1) is 6.92 Å². The predicted octanol–water partition coefficient (Wildman–Crippen LogP) is 2.51. The van der Waals surface area contributed by atoms with Gasteiger partial charge in [-0.05, 0) is 32.4 Å². The SMILES string of the molecule is CCOc1cccc(CN2CCCC2c2nnc(C)o2)n1. The van der Waals surface area contributed by atoms with Gasteiger partial charge >= 0.3 is 0 Å². The first-order valence-corrected chi connectivity index (χ1v) is 7.39. The zero-order valence-electron chi connectivity index (χ0n) is 12.5. The Balaban J connectivity index is 1.72. The molecule has 0 saturated carbocycles. The number of hydrogen-bond donors (Lipinski definition) is 0. The summed E-state index contributed by atoms with van der Waals surface area (Å²) in [7, 11) is 0. The molecule has 0 N–H and O–H groups in total. The monoisotopic (exact) mass is 288 g/mol. The van der Waals surface area contributed by atoms with Gasteiger partial charge in [-0.2, -0.15) is 0 Å². The largest absolute Gasteiger partial charge is 0.478 e. The summed E-state index contributed by atoms with van der Waals surface area (Å²) in [6.45, 7) is 6.20. The van der Waals surface area contributed by atoms with E-state index in [1.807, 2.05) is 32.0 Å². The zero-order chi connectivity index (χ0) is 14.7. The molecule has 0 aliphatic carbocycles. The predicted molar refractivity (Wildman–Crippen MR) is 76.8 cm³/mol. The fourth-order valence-electron chi connectivity index (χ4n) is 2.72. The zero-order valence-corrected chi connectivity index (χ0v) is 12.5. The number of ether oxygens (including phenoxy) is 1. The first-order valence-electron chi connectivity index (χ1n) is 7.39. The Morgan fingerprint density at radius 1 is 1.38 bits per heavy atom. The van der Waals surface area contributed by atoms with Gasteiger partial charge in [0.1, 0.15) is 0 Å². The van der Waals surface area contributed by atoms with E-state index in [1.54, 1.807) is 0 Å². The van der Waals surface area contributed by atoms with Gasteiger partial charge in [0.15, 0.2) is 0 Å². The van der Waals surface area contributed by atoms with Crippen molar-refractivity contribution in [1.29, 1.82) is 0 Å². The van der Waals surface area contributed by atoms with Crippen LogP contribution in [0.5, 0.6) is 5.88 Å². The third kappa shape index (κ3) is 3.21. The summed E-state index contributed by atoms with van der Waals surface area (Å²) in [6.07, 6.45) is 2.18. The summed E-state index contributed by atoms with van der Waals surface area (Å²) in [5, 5.41) is 8.10. The Labute approximate surface area is 124 Å². The van der Waals surface area contributed by atoms with Crippen LogP contribution in [0.3, 0.4) is 0 Å². The molecule has 6 nitrogen and oxygen atoms in total. The van der Waals surface area contributed by atoms with Gasteiger partial charge < -0.3 is 9.15 Å². The highest BCUT2D eigenvalue weighted by Crippen LogP contribution is 2.32. The van der Waals surface area contributed by atoms with Gasteiger partial charge in [0.2, 0.25) is 17.7 Å². The lowest BCUT2D eigenvalue weighted by Crippen LogP contribution is -2.23. The lowest BCUT2D eigenvalue weighted by Gasteiger charge is -2.21. The van der Waals surface area contributed by atoms with E-state index in [-0.39, 0.29) is 6.04 Å². The van der Waals surface area contributed by atoms with E-state index >= 15 is 0 Å². The summed E-state index contributed by atoms with van der Waals surface area (Å²) in [6, 6.07) is 6.09. The van der Waals surface area contributed by atoms with E-state index in [0.717, 1.165) is 31.6 Å². The van der Waals surface area contributed by atoms with Crippen molar-refractivity contribution in [1.82, 2.24) is 20.1 Å². The minimum absolute atomic E-state index is 0.198. The standard InChI is InChI=1S/C15H20N4O2/c1-3-20-14-8-4-6-12(16-14)10-19-9-5-7-13(19)15-18-17-11(2)21-15/h4,6,8,13H,3,5,7,9-10H2,1-2H3. The van der Waals surface area contributed by atoms with Crippen molar-refractivity contribution in [3.63, 3.8) is 0 Å². The van der Waals surface area contributed by atoms with Crippen molar-refractivity contribution in [2.45, 2.75) is 39.3 Å². The second-order valence-corrected chi connectivity index (χ2v) is 5.19. The van der Waals surface area contributed by atoms with Crippen LogP contribution in [0.15, 0.2) is 22.6 Å². The number of rotatable bonds is 5. The first kappa shape index (κ1) is 14.0. The molecule has 1 unspecified atom stereocenters. The van der Waals surface area contributed by atoms with Gasteiger partial charge in [0, 0.05) is 19.5 Å². The van der Waals surface area contributed by atoms with E-state index in [2.05, 4.69) is 20.1 Å². The molecule has 1 atom stereocenters. The number of aromatic nitrogens is 3. The average molecular weight is 288 g/mol. The molecule has 0 amide bonds. The maximum absolute atomic E-state index is 5.59. The summed E-state index contributed by atoms with van der Waals surface area (Å²) in [5.74, 6) is 2.01. The topological polar surface area (TPSA) is 64.3 Å². The average Bonchev–Trinajstić information content (AvgIpc) is 3.08. The van der Waals surface area contributed by atoms with Crippen molar-refractivity contribution < 1.29 is 9.15 Å². The number of pyridine rings is 1. The summed E-state index contributed by atoms with van der Waals surface area (Å²) >= 11 is 0. The molecule has 2 aromatic rings. The summed E-state index contributed by atoms with van der Waals surface area (Å²) in [4.78, 5) is 6.87. The van der Waals surface area contributed by atoms with Crippen molar-refractivity contribution in [2.75, 3.05) is 13.2 Å². The number of nitrogens with zero attached hydrogens (tertiary/aromatic N) is 4. The molecule has 1 aliphatic rings. The molecular formula is C15H20N4O2. The second-order valence-electron chi connectivity index (χ2n) is 5.19. The van der Waals surface area contributed by atoms with Gasteiger partial charge in [-0.3, -0.25) is 4.90 Å². The van der Waals surface area contributed by atoms with Crippen LogP contribution in [0.25, 0.3) is 0 Å². The summed E-state index contributed by atoms with van der Waals surface area (Å²) in [5.41, 5.74) is 1.00. The molecule has 112 valence electrons. The van der Waals surface area contributed by atoms with Crippen LogP contribution in [0.2, 0.25) is 0 Å². The van der Waals surface area contributed by atoms with Gasteiger partial charge in [-0.15, -0.1) is 10.2 Å². The van der Waals surface area contributed by atoms with E-state index in [9.17, 15) is 0 Å². The second kappa shape index (κ2) is 6.22. The molecule has 0 aromatic carbocycles. The van der Waals surface area contributed by atoms with Crippen LogP contribution in [-0.4, -0.2) is 33.2 Å². The third-order valence-corrected chi connectivity index (χ3v) is 3.63. The van der Waals surface area contributed by atoms with Crippen molar-refractivity contribution in [2.24, 2.45) is 0 Å². The van der Waals surface area contributed by atoms with Gasteiger partial charge in [-0.1, -0.05) is 6.07 Å². The first-order chi connectivity index (χ1) is 10.3. The highest BCUT2D eigenvalue weighted by atomic mass is 16.5. The van der Waals surface area contributed by atoms with Gasteiger partial charge in [0.05, 0.1) is 18.3 Å². The van der Waals surface area contributed by atoms with Gasteiger partial charge in [-0.25, -0.2) is 4.98 Å². The Morgan fingerprint density at radius 2 is 2.29 bits per heavy atom. The lowest BCUT2D eigenvalue weighted by atomic mass is 10.2. The number of likely N-dealkylation sites (tertiary alicyclic amines) is 1. The van der Waals surface area contributed by atoms with E-state index in [1.165, 1.54) is 0 Å². The minimum atomic E-state index is 0.198. The minimum Gasteiger partial charge on any atom is -0.478 e. The Morgan fingerprint density at radius 3 is 3.05 bits per heavy atom. The van der Waals surface area contributed by atoms with Crippen molar-refractivity contribution in [3.8, 4) is 5.88 Å². The molecule has 0 bridgehead atoms. The Hall–Kier alpha value is -1.95. The molecule has 0 radical (unpaired) electrons. The van der Waals surface area contributed by atoms with Crippen molar-refractivity contribution in [3.05, 3.63) is 35.7 Å². The number of hydrogen-bond acceptors (Lipinski definition) is 6. The molecule has 2 aromatic heterocycles. The molecule has 1 fully saturated rings. The highest BCUT2D eigenvalue weighted by molar-refractivity contribution is 5.16. The third-order valence-electron chi connectivity index (χ3n) is 3.63. The lowest BCUT2D eigenvalue weighted by molar-refractivity contribution is 0.209. The molecule has 1 aliphatic heterocycles. The van der Waals surface area contributed by atoms with Gasteiger partial charge in [0.25, 0.3) is 0 Å². The van der Waals surface area contributed by atoms with Crippen LogP contribution >= 0.6 is 0 Å². The smallest absolute Gasteiger partial charge is 0.233 e. The molecule has 3 heterocycles. The maximum Gasteiger partial charge on any atom is 0.233 e. The highest BCUT2D eigenvalue weighted by Gasteiger charge is 2.30. The van der Waals surface area contributed by atoms with E-state index in [0.29, 0.717) is 24.3 Å². The molecule has 6 heteroatoms. The number of aryl methyl sites for hydroxylation is 1. The van der Waals surface area contributed by atoms with Crippen LogP contribution in [-0.2, 0) is 6.54 Å². The van der Waals surface area contributed by atoms with E-state index in [4.69, 9.17) is 9.15 Å². The normalized spacial score (nSPS) is 19.0. The fourth-order valence-corrected chi connectivity index (χ4v) is 2.72. The molecule has 21 heavy (non-hydrogen) atoms. The molecule has 0 spiro atoms. The summed E-state index contributed by atoms with van der Waals surface area (Å²) < 4.78 is 11.0. The molecule has 3 rings (SSSR count). The quantitative estimate of drug-likeness (QED) is 0.842. The van der Waals surface area contributed by atoms with Crippen LogP contribution < -0.4 is 4.74 Å². The van der Waals surface area contributed by atoms with E-state index < -0.39 is 0 Å². The maximum atomic E-state index is 5.59. The Bertz CT molecular complexity index is 599. The Kier molecular flexibility index (Phi) is 4.15.